The summed E-state index contributed by atoms with van der Waals surface area (Å²) in [5.74, 6) is -0.121. The SMILES string of the molecule is CCC(CC)(C(=O)Nc1ccccc1I)C(N)=S. The van der Waals surface area contributed by atoms with Gasteiger partial charge in [-0.15, -0.1) is 0 Å². The molecule has 0 aliphatic rings. The van der Waals surface area contributed by atoms with Crippen molar-refractivity contribution in [3.63, 3.8) is 0 Å². The first kappa shape index (κ1) is 15.4. The van der Waals surface area contributed by atoms with Crippen LogP contribution >= 0.6 is 34.8 Å². The van der Waals surface area contributed by atoms with E-state index in [1.807, 2.05) is 38.1 Å². The summed E-state index contributed by atoms with van der Waals surface area (Å²) in [5.41, 5.74) is 5.80. The molecule has 0 aliphatic carbocycles. The molecule has 3 nitrogen and oxygen atoms in total. The van der Waals surface area contributed by atoms with Gasteiger partial charge in [-0.25, -0.2) is 0 Å². The van der Waals surface area contributed by atoms with Crippen LogP contribution in [0, 0.1) is 8.99 Å². The van der Waals surface area contributed by atoms with Crippen LogP contribution in [0.15, 0.2) is 24.3 Å². The van der Waals surface area contributed by atoms with Crippen LogP contribution in [0.25, 0.3) is 0 Å². The first-order valence-electron chi connectivity index (χ1n) is 5.83. The third kappa shape index (κ3) is 3.00. The third-order valence-corrected chi connectivity index (χ3v) is 4.57. The molecule has 18 heavy (non-hydrogen) atoms. The van der Waals surface area contributed by atoms with Crippen molar-refractivity contribution in [2.24, 2.45) is 11.1 Å². The van der Waals surface area contributed by atoms with Crippen molar-refractivity contribution in [1.82, 2.24) is 0 Å². The van der Waals surface area contributed by atoms with Crippen molar-refractivity contribution in [1.29, 1.82) is 0 Å². The summed E-state index contributed by atoms with van der Waals surface area (Å²) in [4.78, 5) is 12.7. The molecule has 0 fully saturated rings. The van der Waals surface area contributed by atoms with Gasteiger partial charge in [0.25, 0.3) is 0 Å². The number of nitrogens with one attached hydrogen (secondary N) is 1. The predicted molar refractivity (Wildman–Crippen MR) is 87.6 cm³/mol. The average molecular weight is 376 g/mol. The zero-order valence-corrected chi connectivity index (χ0v) is 13.5. The molecule has 0 bridgehead atoms. The van der Waals surface area contributed by atoms with Gasteiger partial charge in [0.1, 0.15) is 0 Å². The van der Waals surface area contributed by atoms with Crippen LogP contribution in [0.3, 0.4) is 0 Å². The maximum atomic E-state index is 12.4. The number of rotatable bonds is 5. The van der Waals surface area contributed by atoms with Crippen molar-refractivity contribution < 1.29 is 4.79 Å². The molecule has 1 rings (SSSR count). The van der Waals surface area contributed by atoms with Gasteiger partial charge in [-0.2, -0.15) is 0 Å². The van der Waals surface area contributed by atoms with Gasteiger partial charge in [-0.05, 0) is 47.6 Å². The van der Waals surface area contributed by atoms with Gasteiger partial charge in [0, 0.05) is 3.57 Å². The second-order valence-corrected chi connectivity index (χ2v) is 5.69. The Morgan fingerprint density at radius 3 is 2.39 bits per heavy atom. The Hall–Kier alpha value is -0.690. The number of thiocarbonyl (C=S) groups is 1. The molecule has 1 aromatic rings. The highest BCUT2D eigenvalue weighted by Gasteiger charge is 2.38. The van der Waals surface area contributed by atoms with E-state index in [1.165, 1.54) is 0 Å². The number of benzene rings is 1. The summed E-state index contributed by atoms with van der Waals surface area (Å²) in [6, 6.07) is 7.63. The zero-order chi connectivity index (χ0) is 13.8. The highest BCUT2D eigenvalue weighted by atomic mass is 127. The molecule has 0 saturated heterocycles. The Kier molecular flexibility index (Phi) is 5.52. The quantitative estimate of drug-likeness (QED) is 0.612. The lowest BCUT2D eigenvalue weighted by atomic mass is 9.81. The van der Waals surface area contributed by atoms with E-state index < -0.39 is 5.41 Å². The van der Waals surface area contributed by atoms with Crippen LogP contribution in [0.1, 0.15) is 26.7 Å². The summed E-state index contributed by atoms with van der Waals surface area (Å²) >= 11 is 7.25. The van der Waals surface area contributed by atoms with E-state index in [9.17, 15) is 4.79 Å². The Morgan fingerprint density at radius 2 is 1.94 bits per heavy atom. The number of hydrogen-bond donors (Lipinski definition) is 2. The smallest absolute Gasteiger partial charge is 0.237 e. The van der Waals surface area contributed by atoms with Gasteiger partial charge >= 0.3 is 0 Å². The topological polar surface area (TPSA) is 55.1 Å². The first-order chi connectivity index (χ1) is 8.47. The number of halogens is 1. The minimum atomic E-state index is -0.756. The fourth-order valence-corrected chi connectivity index (χ4v) is 2.74. The highest BCUT2D eigenvalue weighted by molar-refractivity contribution is 14.1. The van der Waals surface area contributed by atoms with Crippen molar-refractivity contribution in [2.45, 2.75) is 26.7 Å². The Balaban J connectivity index is 3.00. The molecule has 5 heteroatoms. The average Bonchev–Trinajstić information content (AvgIpc) is 2.34. The van der Waals surface area contributed by atoms with E-state index in [-0.39, 0.29) is 10.9 Å². The Bertz CT molecular complexity index is 458. The Morgan fingerprint density at radius 1 is 1.39 bits per heavy atom. The molecule has 0 spiro atoms. The lowest BCUT2D eigenvalue weighted by Crippen LogP contribution is -2.45. The monoisotopic (exact) mass is 376 g/mol. The maximum Gasteiger partial charge on any atom is 0.237 e. The van der Waals surface area contributed by atoms with E-state index >= 15 is 0 Å². The lowest BCUT2D eigenvalue weighted by molar-refractivity contribution is -0.122. The normalized spacial score (nSPS) is 11.1. The molecule has 0 saturated carbocycles. The van der Waals surface area contributed by atoms with Gasteiger partial charge in [0.2, 0.25) is 5.91 Å². The summed E-state index contributed by atoms with van der Waals surface area (Å²) < 4.78 is 0.993. The van der Waals surface area contributed by atoms with Gasteiger partial charge in [-0.3, -0.25) is 4.79 Å². The van der Waals surface area contributed by atoms with Gasteiger partial charge < -0.3 is 11.1 Å². The van der Waals surface area contributed by atoms with Gasteiger partial charge in [0.05, 0.1) is 16.1 Å². The molecule has 0 aromatic heterocycles. The fourth-order valence-electron chi connectivity index (χ4n) is 1.84. The molecule has 98 valence electrons. The molecular weight excluding hydrogens is 359 g/mol. The highest BCUT2D eigenvalue weighted by Crippen LogP contribution is 2.29. The van der Waals surface area contributed by atoms with Crippen molar-refractivity contribution in [3.8, 4) is 0 Å². The Labute approximate surface area is 127 Å². The molecule has 1 amide bonds. The largest absolute Gasteiger partial charge is 0.392 e. The third-order valence-electron chi connectivity index (χ3n) is 3.24. The molecule has 1 aromatic carbocycles. The van der Waals surface area contributed by atoms with Crippen LogP contribution in [0.5, 0.6) is 0 Å². The molecule has 3 N–H and O–H groups in total. The summed E-state index contributed by atoms with van der Waals surface area (Å²) in [6.07, 6.45) is 1.21. The van der Waals surface area contributed by atoms with Crippen LogP contribution in [-0.2, 0) is 4.79 Å². The first-order valence-corrected chi connectivity index (χ1v) is 7.32. The number of para-hydroxylation sites is 1. The molecule has 0 unspecified atom stereocenters. The van der Waals surface area contributed by atoms with Crippen molar-refractivity contribution >= 4 is 51.4 Å². The lowest BCUT2D eigenvalue weighted by Gasteiger charge is -2.29. The summed E-state index contributed by atoms with van der Waals surface area (Å²) in [7, 11) is 0. The van der Waals surface area contributed by atoms with E-state index in [1.54, 1.807) is 0 Å². The number of carbonyl (C=O) groups is 1. The summed E-state index contributed by atoms with van der Waals surface area (Å²) in [5, 5.41) is 2.92. The molecule has 0 atom stereocenters. The molecule has 0 aliphatic heterocycles. The number of amides is 1. The minimum Gasteiger partial charge on any atom is -0.392 e. The maximum absolute atomic E-state index is 12.4. The van der Waals surface area contributed by atoms with Crippen molar-refractivity contribution in [2.75, 3.05) is 5.32 Å². The number of hydrogen-bond acceptors (Lipinski definition) is 2. The minimum absolute atomic E-state index is 0.121. The van der Waals surface area contributed by atoms with Crippen LogP contribution < -0.4 is 11.1 Å². The van der Waals surface area contributed by atoms with E-state index in [2.05, 4.69) is 27.9 Å². The molecule has 0 heterocycles. The standard InChI is InChI=1S/C13H17IN2OS/c1-3-13(4-2,11(15)18)12(17)16-10-8-6-5-7-9(10)14/h5-8H,3-4H2,1-2H3,(H2,15,18)(H,16,17). The molecular formula is C13H17IN2OS. The van der Waals surface area contributed by atoms with Gasteiger partial charge in [0.15, 0.2) is 0 Å². The van der Waals surface area contributed by atoms with Gasteiger partial charge in [-0.1, -0.05) is 38.2 Å². The van der Waals surface area contributed by atoms with Crippen LogP contribution in [-0.4, -0.2) is 10.9 Å². The predicted octanol–water partition coefficient (Wildman–Crippen LogP) is 3.32. The van der Waals surface area contributed by atoms with E-state index in [0.717, 1.165) is 9.26 Å². The van der Waals surface area contributed by atoms with Crippen molar-refractivity contribution in [3.05, 3.63) is 27.8 Å². The summed E-state index contributed by atoms with van der Waals surface area (Å²) in [6.45, 7) is 3.86. The second kappa shape index (κ2) is 6.47. The zero-order valence-electron chi connectivity index (χ0n) is 10.5. The van der Waals surface area contributed by atoms with Crippen LogP contribution in [0.2, 0.25) is 0 Å². The van der Waals surface area contributed by atoms with E-state index in [0.29, 0.717) is 12.8 Å². The second-order valence-electron chi connectivity index (χ2n) is 4.09. The molecule has 0 radical (unpaired) electrons. The van der Waals surface area contributed by atoms with Crippen LogP contribution in [0.4, 0.5) is 5.69 Å². The fraction of sp³-hybridized carbons (Fsp3) is 0.385. The van der Waals surface area contributed by atoms with E-state index in [4.69, 9.17) is 18.0 Å². The number of anilines is 1. The number of carbonyl (C=O) groups excluding carboxylic acids is 1. The number of nitrogens with two attached hydrogens (primary N) is 1.